The van der Waals surface area contributed by atoms with Crippen molar-refractivity contribution in [2.75, 3.05) is 31.6 Å². The molecular weight excluding hydrogens is 592 g/mol. The van der Waals surface area contributed by atoms with Gasteiger partial charge in [0.2, 0.25) is 0 Å². The lowest BCUT2D eigenvalue weighted by atomic mass is 9.91. The molecule has 2 aromatic heterocycles. The third-order valence-corrected chi connectivity index (χ3v) is 9.12. The Kier molecular flexibility index (Phi) is 7.22. The SMILES string of the molecule is COc1cc(C(=O)NC[C@](O)(c2cc(N3CC[C@H](O)C3)cc(-c3cc(Cl)c(F)cc3F)n2)C2CC2)cc2cn(C3CC3)nc12. The van der Waals surface area contributed by atoms with Crippen molar-refractivity contribution >= 4 is 34.1 Å². The monoisotopic (exact) mass is 623 g/mol. The van der Waals surface area contributed by atoms with Gasteiger partial charge in [-0.25, -0.2) is 13.8 Å². The summed E-state index contributed by atoms with van der Waals surface area (Å²) in [6.07, 6.45) is 5.51. The molecule has 1 aliphatic heterocycles. The van der Waals surface area contributed by atoms with Crippen molar-refractivity contribution in [1.29, 1.82) is 0 Å². The number of carbonyl (C=O) groups excluding carboxylic acids is 1. The van der Waals surface area contributed by atoms with Crippen molar-refractivity contribution in [2.24, 2.45) is 5.92 Å². The summed E-state index contributed by atoms with van der Waals surface area (Å²) in [7, 11) is 1.53. The van der Waals surface area contributed by atoms with E-state index in [1.165, 1.54) is 13.2 Å². The van der Waals surface area contributed by atoms with E-state index in [0.29, 0.717) is 67.0 Å². The van der Waals surface area contributed by atoms with E-state index in [4.69, 9.17) is 16.3 Å². The second kappa shape index (κ2) is 11.0. The molecule has 3 N–H and O–H groups in total. The Bertz CT molecular complexity index is 1780. The van der Waals surface area contributed by atoms with Crippen LogP contribution in [0.15, 0.2) is 42.6 Å². The van der Waals surface area contributed by atoms with E-state index in [1.807, 2.05) is 15.8 Å². The second-order valence-corrected chi connectivity index (χ2v) is 12.5. The van der Waals surface area contributed by atoms with Gasteiger partial charge < -0.3 is 25.2 Å². The molecule has 4 aromatic rings. The fourth-order valence-corrected chi connectivity index (χ4v) is 6.17. The number of hydrogen-bond acceptors (Lipinski definition) is 7. The number of anilines is 1. The van der Waals surface area contributed by atoms with Crippen LogP contribution >= 0.6 is 11.6 Å². The number of benzene rings is 2. The summed E-state index contributed by atoms with van der Waals surface area (Å²) in [4.78, 5) is 20.1. The van der Waals surface area contributed by atoms with Crippen LogP contribution in [0.2, 0.25) is 5.02 Å². The number of hydrogen-bond donors (Lipinski definition) is 3. The predicted octanol–water partition coefficient (Wildman–Crippen LogP) is 4.97. The zero-order chi connectivity index (χ0) is 30.7. The molecule has 9 nitrogen and oxygen atoms in total. The molecule has 0 unspecified atom stereocenters. The van der Waals surface area contributed by atoms with Gasteiger partial charge in [0, 0.05) is 47.6 Å². The van der Waals surface area contributed by atoms with E-state index in [2.05, 4.69) is 15.4 Å². The molecule has 1 saturated heterocycles. The molecule has 0 radical (unpaired) electrons. The Morgan fingerprint density at radius 2 is 1.91 bits per heavy atom. The van der Waals surface area contributed by atoms with Crippen molar-refractivity contribution in [3.63, 3.8) is 0 Å². The number of β-amino-alcohol motifs (C(OH)–C–C–N with tert-alkyl or cyclic N) is 1. The van der Waals surface area contributed by atoms with E-state index < -0.39 is 29.2 Å². The minimum absolute atomic E-state index is 0.0198. The van der Waals surface area contributed by atoms with E-state index in [0.717, 1.165) is 18.2 Å². The third kappa shape index (κ3) is 5.37. The van der Waals surface area contributed by atoms with Gasteiger partial charge in [0.25, 0.3) is 5.91 Å². The molecule has 2 aromatic carbocycles. The Morgan fingerprint density at radius 3 is 2.59 bits per heavy atom. The zero-order valence-electron chi connectivity index (χ0n) is 24.1. The van der Waals surface area contributed by atoms with Crippen LogP contribution in [0, 0.1) is 17.6 Å². The van der Waals surface area contributed by atoms with Crippen molar-refractivity contribution in [3.8, 4) is 17.0 Å². The first kappa shape index (κ1) is 28.9. The van der Waals surface area contributed by atoms with Crippen LogP contribution in [0.3, 0.4) is 0 Å². The number of pyridine rings is 1. The van der Waals surface area contributed by atoms with Gasteiger partial charge in [-0.2, -0.15) is 5.10 Å². The van der Waals surface area contributed by atoms with Crippen LogP contribution < -0.4 is 15.0 Å². The Labute approximate surface area is 257 Å². The van der Waals surface area contributed by atoms with Gasteiger partial charge >= 0.3 is 0 Å². The fraction of sp³-hybridized carbons (Fsp3) is 0.406. The van der Waals surface area contributed by atoms with Crippen LogP contribution in [0.25, 0.3) is 22.2 Å². The lowest BCUT2D eigenvalue weighted by molar-refractivity contribution is 0.00962. The molecule has 3 fully saturated rings. The minimum atomic E-state index is -1.58. The summed E-state index contributed by atoms with van der Waals surface area (Å²) in [5, 5.41) is 30.4. The highest BCUT2D eigenvalue weighted by Gasteiger charge is 2.47. The average molecular weight is 624 g/mol. The maximum atomic E-state index is 15.0. The number of ether oxygens (including phenoxy) is 1. The Hall–Kier alpha value is -3.80. The molecule has 1 amide bonds. The zero-order valence-corrected chi connectivity index (χ0v) is 24.8. The van der Waals surface area contributed by atoms with Crippen LogP contribution in [-0.4, -0.2) is 63.7 Å². The average Bonchev–Trinajstić information content (AvgIpc) is 3.96. The van der Waals surface area contributed by atoms with Gasteiger partial charge in [0.15, 0.2) is 0 Å². The van der Waals surface area contributed by atoms with Crippen molar-refractivity contribution in [2.45, 2.75) is 49.9 Å². The highest BCUT2D eigenvalue weighted by atomic mass is 35.5. The topological polar surface area (TPSA) is 113 Å². The standard InChI is InChI=1S/C32H32ClF2N5O4/c1-44-28-9-17(8-18-14-40(20-4-5-20)38-30(18)28)31(42)36-16-32(43,19-2-3-19)29-11-21(39-7-6-22(41)15-39)10-27(37-29)23-12-24(33)26(35)13-25(23)34/h8-14,19-20,22,41,43H,2-7,15-16H2,1H3,(H,36,42)/t22-,32+/m0/s1. The van der Waals surface area contributed by atoms with Gasteiger partial charge in [-0.3, -0.25) is 9.48 Å². The van der Waals surface area contributed by atoms with Gasteiger partial charge in [-0.1, -0.05) is 11.6 Å². The lowest BCUT2D eigenvalue weighted by Crippen LogP contribution is -2.43. The Morgan fingerprint density at radius 1 is 1.11 bits per heavy atom. The molecule has 3 heterocycles. The number of methoxy groups -OCH3 is 1. The number of nitrogens with one attached hydrogen (secondary N) is 1. The van der Waals surface area contributed by atoms with Gasteiger partial charge in [-0.15, -0.1) is 0 Å². The van der Waals surface area contributed by atoms with Crippen LogP contribution in [0.4, 0.5) is 14.5 Å². The molecule has 2 atom stereocenters. The highest BCUT2D eigenvalue weighted by Crippen LogP contribution is 2.46. The van der Waals surface area contributed by atoms with Crippen LogP contribution in [0.5, 0.6) is 5.75 Å². The number of halogens is 3. The fourth-order valence-electron chi connectivity index (χ4n) is 6.01. The summed E-state index contributed by atoms with van der Waals surface area (Å²) >= 11 is 6.01. The summed E-state index contributed by atoms with van der Waals surface area (Å²) < 4.78 is 36.5. The number of fused-ring (bicyclic) bond motifs is 1. The van der Waals surface area contributed by atoms with Gasteiger partial charge in [0.1, 0.15) is 28.5 Å². The van der Waals surface area contributed by atoms with Crippen molar-refractivity contribution < 1.29 is 28.5 Å². The maximum Gasteiger partial charge on any atom is 0.251 e. The van der Waals surface area contributed by atoms with Crippen LogP contribution in [-0.2, 0) is 5.60 Å². The Balaban J connectivity index is 1.23. The molecular formula is C32H32ClF2N5O4. The number of aliphatic hydroxyl groups is 2. The number of aliphatic hydroxyl groups excluding tert-OH is 1. The third-order valence-electron chi connectivity index (χ3n) is 8.83. The summed E-state index contributed by atoms with van der Waals surface area (Å²) in [5.74, 6) is -1.85. The molecule has 44 heavy (non-hydrogen) atoms. The number of amides is 1. The van der Waals surface area contributed by atoms with E-state index in [-0.39, 0.29) is 34.4 Å². The number of rotatable bonds is 9. The normalized spacial score (nSPS) is 19.8. The molecule has 230 valence electrons. The largest absolute Gasteiger partial charge is 0.494 e. The number of aromatic nitrogens is 3. The van der Waals surface area contributed by atoms with E-state index in [9.17, 15) is 19.4 Å². The van der Waals surface area contributed by atoms with Gasteiger partial charge in [0.05, 0.1) is 42.2 Å². The van der Waals surface area contributed by atoms with E-state index >= 15 is 4.39 Å². The molecule has 2 saturated carbocycles. The minimum Gasteiger partial charge on any atom is -0.494 e. The molecule has 12 heteroatoms. The lowest BCUT2D eigenvalue weighted by Gasteiger charge is -2.30. The summed E-state index contributed by atoms with van der Waals surface area (Å²) in [6, 6.07) is 9.00. The first-order valence-electron chi connectivity index (χ1n) is 14.8. The molecule has 7 rings (SSSR count). The first-order chi connectivity index (χ1) is 21.1. The molecule has 0 spiro atoms. The van der Waals surface area contributed by atoms with E-state index in [1.54, 1.807) is 24.3 Å². The smallest absolute Gasteiger partial charge is 0.251 e. The van der Waals surface area contributed by atoms with Crippen LogP contribution in [0.1, 0.15) is 54.2 Å². The highest BCUT2D eigenvalue weighted by molar-refractivity contribution is 6.31. The molecule has 3 aliphatic rings. The summed E-state index contributed by atoms with van der Waals surface area (Å²) in [5.41, 5.74) is 0.463. The quantitative estimate of drug-likeness (QED) is 0.226. The van der Waals surface area contributed by atoms with Crippen molar-refractivity contribution in [3.05, 3.63) is 70.5 Å². The number of nitrogens with zero attached hydrogens (tertiary/aromatic N) is 4. The second-order valence-electron chi connectivity index (χ2n) is 12.1. The predicted molar refractivity (Wildman–Crippen MR) is 161 cm³/mol. The molecule has 0 bridgehead atoms. The molecule has 2 aliphatic carbocycles. The van der Waals surface area contributed by atoms with Crippen molar-refractivity contribution in [1.82, 2.24) is 20.1 Å². The maximum absolute atomic E-state index is 15.0. The number of carbonyl (C=O) groups is 1. The van der Waals surface area contributed by atoms with Gasteiger partial charge in [-0.05, 0) is 68.4 Å². The summed E-state index contributed by atoms with van der Waals surface area (Å²) in [6.45, 7) is 0.760. The first-order valence-corrected chi connectivity index (χ1v) is 15.2.